The van der Waals surface area contributed by atoms with Crippen molar-refractivity contribution in [2.24, 2.45) is 0 Å². The van der Waals surface area contributed by atoms with Crippen molar-refractivity contribution in [2.45, 2.75) is 96.5 Å². The zero-order chi connectivity index (χ0) is 15.8. The minimum atomic E-state index is -0.824. The lowest BCUT2D eigenvalue weighted by Crippen LogP contribution is -2.09. The van der Waals surface area contributed by atoms with Crippen molar-refractivity contribution in [2.75, 3.05) is 0 Å². The van der Waals surface area contributed by atoms with E-state index in [0.29, 0.717) is 6.42 Å². The number of unbranched alkanes of at least 4 members (excludes halogenated alkanes) is 8. The topological polar surface area (TPSA) is 57.5 Å². The van der Waals surface area contributed by atoms with Crippen LogP contribution in [0.25, 0.3) is 0 Å². The highest BCUT2D eigenvalue weighted by Crippen LogP contribution is 2.11. The normalized spacial score (nSPS) is 12.9. The van der Waals surface area contributed by atoms with Crippen LogP contribution in [0.3, 0.4) is 0 Å². The Balaban J connectivity index is 3.21. The molecule has 0 aliphatic rings. The number of aliphatic hydroxyl groups is 1. The van der Waals surface area contributed by atoms with Crippen LogP contribution < -0.4 is 0 Å². The maximum atomic E-state index is 10.4. The molecule has 0 heterocycles. The van der Waals surface area contributed by atoms with Gasteiger partial charge in [-0.1, -0.05) is 57.6 Å². The zero-order valence-corrected chi connectivity index (χ0v) is 13.7. The van der Waals surface area contributed by atoms with Crippen LogP contribution in [-0.4, -0.2) is 22.3 Å². The number of allylic oxidation sites excluding steroid dienone is 2. The second kappa shape index (κ2) is 15.6. The van der Waals surface area contributed by atoms with E-state index in [4.69, 9.17) is 5.11 Å². The molecule has 0 fully saturated rings. The molecule has 1 atom stereocenters. The highest BCUT2D eigenvalue weighted by Gasteiger charge is 2.06. The molecule has 0 radical (unpaired) electrons. The summed E-state index contributed by atoms with van der Waals surface area (Å²) >= 11 is 0. The van der Waals surface area contributed by atoms with E-state index in [-0.39, 0.29) is 6.42 Å². The Morgan fingerprint density at radius 1 is 0.905 bits per heavy atom. The lowest BCUT2D eigenvalue weighted by molar-refractivity contribution is -0.137. The Labute approximate surface area is 130 Å². The largest absolute Gasteiger partial charge is 0.481 e. The number of hydrogen-bond donors (Lipinski definition) is 2. The molecule has 21 heavy (non-hydrogen) atoms. The second-order valence-electron chi connectivity index (χ2n) is 5.90. The minimum Gasteiger partial charge on any atom is -0.481 e. The van der Waals surface area contributed by atoms with Crippen LogP contribution in [0.4, 0.5) is 0 Å². The summed E-state index contributed by atoms with van der Waals surface area (Å²) in [5.74, 6) is -0.824. The molecule has 0 bridgehead atoms. The van der Waals surface area contributed by atoms with Crippen molar-refractivity contribution in [1.82, 2.24) is 0 Å². The van der Waals surface area contributed by atoms with Crippen molar-refractivity contribution >= 4 is 5.97 Å². The molecule has 0 aromatic rings. The fourth-order valence-corrected chi connectivity index (χ4v) is 2.35. The van der Waals surface area contributed by atoms with Gasteiger partial charge in [-0.25, -0.2) is 0 Å². The fraction of sp³-hybridized carbons (Fsp3) is 0.833. The molecule has 0 aliphatic carbocycles. The van der Waals surface area contributed by atoms with E-state index in [2.05, 4.69) is 19.1 Å². The molecule has 0 aliphatic heterocycles. The number of hydrogen-bond acceptors (Lipinski definition) is 2. The van der Waals surface area contributed by atoms with Gasteiger partial charge in [0.1, 0.15) is 0 Å². The monoisotopic (exact) mass is 298 g/mol. The van der Waals surface area contributed by atoms with E-state index in [1.807, 2.05) is 0 Å². The Morgan fingerprint density at radius 3 is 2.05 bits per heavy atom. The number of carboxylic acid groups (broad SMARTS) is 1. The Hall–Kier alpha value is -0.830. The summed E-state index contributed by atoms with van der Waals surface area (Å²) in [5, 5.41) is 18.1. The molecule has 0 aromatic heterocycles. The van der Waals surface area contributed by atoms with Gasteiger partial charge in [-0.2, -0.15) is 0 Å². The lowest BCUT2D eigenvalue weighted by atomic mass is 10.0. The van der Waals surface area contributed by atoms with Gasteiger partial charge in [-0.15, -0.1) is 0 Å². The first-order chi connectivity index (χ1) is 10.2. The standard InChI is InChI=1S/C18H34O3/c1-2-3-4-5-6-7-8-9-10-11-12-13-14-17(19)15-16-18(20)21/h7-8,17,19H,2-6,9-16H2,1H3,(H,20,21)/b8-7+. The third-order valence-electron chi connectivity index (χ3n) is 3.74. The highest BCUT2D eigenvalue weighted by atomic mass is 16.4. The molecule has 124 valence electrons. The van der Waals surface area contributed by atoms with E-state index in [1.54, 1.807) is 0 Å². The molecule has 0 amide bonds. The first-order valence-electron chi connectivity index (χ1n) is 8.71. The molecule has 0 rings (SSSR count). The SMILES string of the molecule is CCCCCC/C=C/CCCCCCC(O)CCC(=O)O. The van der Waals surface area contributed by atoms with Gasteiger partial charge in [-0.3, -0.25) is 4.79 Å². The van der Waals surface area contributed by atoms with Crippen LogP contribution in [-0.2, 0) is 4.79 Å². The molecule has 0 spiro atoms. The van der Waals surface area contributed by atoms with E-state index < -0.39 is 12.1 Å². The van der Waals surface area contributed by atoms with Crippen molar-refractivity contribution in [3.05, 3.63) is 12.2 Å². The van der Waals surface area contributed by atoms with E-state index >= 15 is 0 Å². The van der Waals surface area contributed by atoms with Crippen LogP contribution in [0.2, 0.25) is 0 Å². The summed E-state index contributed by atoms with van der Waals surface area (Å²) in [4.78, 5) is 10.4. The van der Waals surface area contributed by atoms with Gasteiger partial charge in [0, 0.05) is 6.42 Å². The van der Waals surface area contributed by atoms with Gasteiger partial charge >= 0.3 is 5.97 Å². The molecule has 3 heteroatoms. The fourth-order valence-electron chi connectivity index (χ4n) is 2.35. The molecule has 1 unspecified atom stereocenters. The Bertz CT molecular complexity index is 261. The third kappa shape index (κ3) is 17.1. The van der Waals surface area contributed by atoms with Crippen LogP contribution >= 0.6 is 0 Å². The lowest BCUT2D eigenvalue weighted by Gasteiger charge is -2.08. The Kier molecular flexibility index (Phi) is 14.9. The van der Waals surface area contributed by atoms with Crippen LogP contribution in [0.15, 0.2) is 12.2 Å². The first-order valence-corrected chi connectivity index (χ1v) is 8.71. The van der Waals surface area contributed by atoms with Gasteiger partial charge < -0.3 is 10.2 Å². The van der Waals surface area contributed by atoms with Gasteiger partial charge in [0.15, 0.2) is 0 Å². The van der Waals surface area contributed by atoms with Crippen LogP contribution in [0, 0.1) is 0 Å². The molecule has 3 nitrogen and oxygen atoms in total. The molecular formula is C18H34O3. The summed E-state index contributed by atoms with van der Waals surface area (Å²) in [6.07, 6.45) is 17.6. The smallest absolute Gasteiger partial charge is 0.303 e. The first kappa shape index (κ1) is 20.2. The average molecular weight is 298 g/mol. The molecular weight excluding hydrogens is 264 g/mol. The maximum Gasteiger partial charge on any atom is 0.303 e. The van der Waals surface area contributed by atoms with Crippen molar-refractivity contribution in [1.29, 1.82) is 0 Å². The van der Waals surface area contributed by atoms with Gasteiger partial charge in [-0.05, 0) is 38.5 Å². The summed E-state index contributed by atoms with van der Waals surface area (Å²) in [5.41, 5.74) is 0. The van der Waals surface area contributed by atoms with Crippen molar-refractivity contribution in [3.63, 3.8) is 0 Å². The number of carboxylic acids is 1. The zero-order valence-electron chi connectivity index (χ0n) is 13.7. The number of rotatable bonds is 15. The minimum absolute atomic E-state index is 0.0736. The number of aliphatic carboxylic acids is 1. The highest BCUT2D eigenvalue weighted by molar-refractivity contribution is 5.66. The summed E-state index contributed by atoms with van der Waals surface area (Å²) < 4.78 is 0. The maximum absolute atomic E-state index is 10.4. The summed E-state index contributed by atoms with van der Waals surface area (Å²) in [6.45, 7) is 2.24. The molecule has 0 saturated heterocycles. The number of carbonyl (C=O) groups is 1. The van der Waals surface area contributed by atoms with Crippen molar-refractivity contribution < 1.29 is 15.0 Å². The van der Waals surface area contributed by atoms with E-state index in [0.717, 1.165) is 25.7 Å². The predicted octanol–water partition coefficient (Wildman–Crippen LogP) is 5.08. The van der Waals surface area contributed by atoms with Gasteiger partial charge in [0.25, 0.3) is 0 Å². The second-order valence-corrected chi connectivity index (χ2v) is 5.90. The molecule has 0 saturated carbocycles. The molecule has 0 aromatic carbocycles. The van der Waals surface area contributed by atoms with Gasteiger partial charge in [0.05, 0.1) is 6.10 Å². The third-order valence-corrected chi connectivity index (χ3v) is 3.74. The van der Waals surface area contributed by atoms with Gasteiger partial charge in [0.2, 0.25) is 0 Å². The quantitative estimate of drug-likeness (QED) is 0.327. The van der Waals surface area contributed by atoms with Crippen LogP contribution in [0.5, 0.6) is 0 Å². The van der Waals surface area contributed by atoms with E-state index in [1.165, 1.54) is 44.9 Å². The average Bonchev–Trinajstić information content (AvgIpc) is 2.46. The predicted molar refractivity (Wildman–Crippen MR) is 88.5 cm³/mol. The van der Waals surface area contributed by atoms with Crippen molar-refractivity contribution in [3.8, 4) is 0 Å². The van der Waals surface area contributed by atoms with E-state index in [9.17, 15) is 9.90 Å². The van der Waals surface area contributed by atoms with Crippen LogP contribution in [0.1, 0.15) is 90.4 Å². The summed E-state index contributed by atoms with van der Waals surface area (Å²) in [6, 6.07) is 0. The number of aliphatic hydroxyl groups excluding tert-OH is 1. The molecule has 2 N–H and O–H groups in total. The summed E-state index contributed by atoms with van der Waals surface area (Å²) in [7, 11) is 0. The Morgan fingerprint density at radius 2 is 1.48 bits per heavy atom.